The molecule has 0 saturated heterocycles. The molecule has 18 heavy (non-hydrogen) atoms. The van der Waals surface area contributed by atoms with Crippen molar-refractivity contribution in [2.45, 2.75) is 12.7 Å². The minimum atomic E-state index is -0.906. The lowest BCUT2D eigenvalue weighted by Crippen LogP contribution is -2.06. The molecule has 0 unspecified atom stereocenters. The van der Waals surface area contributed by atoms with E-state index in [0.717, 1.165) is 5.56 Å². The van der Waals surface area contributed by atoms with E-state index in [1.165, 1.54) is 0 Å². The van der Waals surface area contributed by atoms with Crippen molar-refractivity contribution >= 4 is 0 Å². The predicted molar refractivity (Wildman–Crippen MR) is 69.3 cm³/mol. The van der Waals surface area contributed by atoms with Gasteiger partial charge in [-0.2, -0.15) is 0 Å². The highest BCUT2D eigenvalue weighted by Crippen LogP contribution is 2.25. The predicted octanol–water partition coefficient (Wildman–Crippen LogP) is 2.29. The van der Waals surface area contributed by atoms with Crippen LogP contribution < -0.4 is 4.74 Å². The van der Waals surface area contributed by atoms with Crippen molar-refractivity contribution in [1.82, 2.24) is 0 Å². The smallest absolute Gasteiger partial charge is 0.125 e. The van der Waals surface area contributed by atoms with Gasteiger partial charge >= 0.3 is 0 Å². The largest absolute Gasteiger partial charge is 0.489 e. The van der Waals surface area contributed by atoms with Gasteiger partial charge < -0.3 is 14.9 Å². The van der Waals surface area contributed by atoms with Crippen LogP contribution in [0.2, 0.25) is 0 Å². The van der Waals surface area contributed by atoms with E-state index in [0.29, 0.717) is 17.9 Å². The van der Waals surface area contributed by atoms with Crippen LogP contribution in [-0.2, 0) is 6.61 Å². The van der Waals surface area contributed by atoms with Gasteiger partial charge in [-0.1, -0.05) is 48.5 Å². The third kappa shape index (κ3) is 3.09. The van der Waals surface area contributed by atoms with Gasteiger partial charge in [0.25, 0.3) is 0 Å². The topological polar surface area (TPSA) is 49.7 Å². The Morgan fingerprint density at radius 2 is 1.61 bits per heavy atom. The Morgan fingerprint density at radius 1 is 0.944 bits per heavy atom. The van der Waals surface area contributed by atoms with Gasteiger partial charge in [-0.3, -0.25) is 0 Å². The SMILES string of the molecule is OC[C@H](O)c1ccccc1OCc1ccccc1. The van der Waals surface area contributed by atoms with E-state index in [-0.39, 0.29) is 6.61 Å². The molecule has 0 spiro atoms. The Balaban J connectivity index is 2.10. The van der Waals surface area contributed by atoms with Crippen LogP contribution in [0.5, 0.6) is 5.75 Å². The van der Waals surface area contributed by atoms with Gasteiger partial charge in [0.05, 0.1) is 6.61 Å². The second kappa shape index (κ2) is 6.19. The van der Waals surface area contributed by atoms with Crippen molar-refractivity contribution in [2.24, 2.45) is 0 Å². The average Bonchev–Trinajstić information content (AvgIpc) is 2.45. The molecule has 0 bridgehead atoms. The summed E-state index contributed by atoms with van der Waals surface area (Å²) in [5.41, 5.74) is 1.67. The van der Waals surface area contributed by atoms with Crippen LogP contribution >= 0.6 is 0 Å². The highest BCUT2D eigenvalue weighted by molar-refractivity contribution is 5.35. The van der Waals surface area contributed by atoms with E-state index in [1.807, 2.05) is 42.5 Å². The van der Waals surface area contributed by atoms with Crippen molar-refractivity contribution < 1.29 is 14.9 Å². The van der Waals surface area contributed by atoms with Gasteiger partial charge in [0, 0.05) is 5.56 Å². The first-order valence-corrected chi connectivity index (χ1v) is 5.86. The maximum absolute atomic E-state index is 9.68. The zero-order valence-electron chi connectivity index (χ0n) is 9.99. The van der Waals surface area contributed by atoms with Crippen molar-refractivity contribution in [2.75, 3.05) is 6.61 Å². The average molecular weight is 244 g/mol. The van der Waals surface area contributed by atoms with Gasteiger partial charge in [-0.25, -0.2) is 0 Å². The zero-order chi connectivity index (χ0) is 12.8. The van der Waals surface area contributed by atoms with Gasteiger partial charge in [-0.15, -0.1) is 0 Å². The van der Waals surface area contributed by atoms with Crippen LogP contribution in [-0.4, -0.2) is 16.8 Å². The third-order valence-electron chi connectivity index (χ3n) is 2.69. The molecule has 0 fully saturated rings. The van der Waals surface area contributed by atoms with Crippen molar-refractivity contribution in [1.29, 1.82) is 0 Å². The lowest BCUT2D eigenvalue weighted by atomic mass is 10.1. The summed E-state index contributed by atoms with van der Waals surface area (Å²) in [6, 6.07) is 17.0. The van der Waals surface area contributed by atoms with Gasteiger partial charge in [0.1, 0.15) is 18.5 Å². The summed E-state index contributed by atoms with van der Waals surface area (Å²) in [6.07, 6.45) is -0.906. The first-order valence-electron chi connectivity index (χ1n) is 5.86. The molecule has 0 saturated carbocycles. The minimum Gasteiger partial charge on any atom is -0.489 e. The molecular formula is C15H16O3. The molecule has 0 amide bonds. The molecule has 0 heterocycles. The summed E-state index contributed by atoms with van der Waals surface area (Å²) in [5, 5.41) is 18.7. The lowest BCUT2D eigenvalue weighted by molar-refractivity contribution is 0.0923. The second-order valence-corrected chi connectivity index (χ2v) is 4.01. The van der Waals surface area contributed by atoms with Crippen LogP contribution in [0.25, 0.3) is 0 Å². The first kappa shape index (κ1) is 12.6. The summed E-state index contributed by atoms with van der Waals surface area (Å²) >= 11 is 0. The summed E-state index contributed by atoms with van der Waals surface area (Å²) in [7, 11) is 0. The maximum atomic E-state index is 9.68. The highest BCUT2D eigenvalue weighted by atomic mass is 16.5. The number of hydrogen-bond donors (Lipinski definition) is 2. The lowest BCUT2D eigenvalue weighted by Gasteiger charge is -2.14. The number of hydrogen-bond acceptors (Lipinski definition) is 3. The first-order chi connectivity index (χ1) is 8.81. The van der Waals surface area contributed by atoms with Crippen LogP contribution in [0, 0.1) is 0 Å². The fourth-order valence-corrected chi connectivity index (χ4v) is 1.72. The molecule has 3 heteroatoms. The van der Waals surface area contributed by atoms with Crippen molar-refractivity contribution in [3.63, 3.8) is 0 Å². The number of aliphatic hydroxyl groups excluding tert-OH is 2. The third-order valence-corrected chi connectivity index (χ3v) is 2.69. The molecular weight excluding hydrogens is 228 g/mol. The molecule has 0 aliphatic rings. The molecule has 94 valence electrons. The van der Waals surface area contributed by atoms with E-state index in [1.54, 1.807) is 12.1 Å². The summed E-state index contributed by atoms with van der Waals surface area (Å²) in [6.45, 7) is 0.127. The van der Waals surface area contributed by atoms with E-state index >= 15 is 0 Å². The van der Waals surface area contributed by atoms with Crippen LogP contribution in [0.3, 0.4) is 0 Å². The van der Waals surface area contributed by atoms with E-state index < -0.39 is 6.10 Å². The normalized spacial score (nSPS) is 12.1. The molecule has 1 atom stereocenters. The molecule has 0 aliphatic carbocycles. The maximum Gasteiger partial charge on any atom is 0.125 e. The molecule has 0 radical (unpaired) electrons. The number of rotatable bonds is 5. The fraction of sp³-hybridized carbons (Fsp3) is 0.200. The van der Waals surface area contributed by atoms with Crippen LogP contribution in [0.4, 0.5) is 0 Å². The second-order valence-electron chi connectivity index (χ2n) is 4.01. The summed E-state index contributed by atoms with van der Waals surface area (Å²) in [4.78, 5) is 0. The molecule has 2 rings (SSSR count). The van der Waals surface area contributed by atoms with Crippen LogP contribution in [0.15, 0.2) is 54.6 Å². The van der Waals surface area contributed by atoms with Crippen molar-refractivity contribution in [3.8, 4) is 5.75 Å². The minimum absolute atomic E-state index is 0.314. The molecule has 3 nitrogen and oxygen atoms in total. The molecule has 2 aromatic carbocycles. The summed E-state index contributed by atoms with van der Waals surface area (Å²) in [5.74, 6) is 0.600. The number of aliphatic hydroxyl groups is 2. The van der Waals surface area contributed by atoms with E-state index in [2.05, 4.69) is 0 Å². The zero-order valence-corrected chi connectivity index (χ0v) is 9.99. The van der Waals surface area contributed by atoms with Crippen molar-refractivity contribution in [3.05, 3.63) is 65.7 Å². The monoisotopic (exact) mass is 244 g/mol. The van der Waals surface area contributed by atoms with Crippen LogP contribution in [0.1, 0.15) is 17.2 Å². The quantitative estimate of drug-likeness (QED) is 0.848. The summed E-state index contributed by atoms with van der Waals surface area (Å²) < 4.78 is 5.68. The van der Waals surface area contributed by atoms with Gasteiger partial charge in [0.2, 0.25) is 0 Å². The van der Waals surface area contributed by atoms with E-state index in [4.69, 9.17) is 9.84 Å². The molecule has 2 aromatic rings. The standard InChI is InChI=1S/C15H16O3/c16-10-14(17)13-8-4-5-9-15(13)18-11-12-6-2-1-3-7-12/h1-9,14,16-17H,10-11H2/t14-/m0/s1. The molecule has 0 aromatic heterocycles. The van der Waals surface area contributed by atoms with E-state index in [9.17, 15) is 5.11 Å². The Bertz CT molecular complexity index is 482. The number of ether oxygens (including phenoxy) is 1. The Labute approximate surface area is 106 Å². The fourth-order valence-electron chi connectivity index (χ4n) is 1.72. The highest BCUT2D eigenvalue weighted by Gasteiger charge is 2.11. The van der Waals surface area contributed by atoms with Gasteiger partial charge in [0.15, 0.2) is 0 Å². The van der Waals surface area contributed by atoms with Gasteiger partial charge in [-0.05, 0) is 11.6 Å². The Hall–Kier alpha value is -1.84. The Morgan fingerprint density at radius 3 is 2.33 bits per heavy atom. The molecule has 2 N–H and O–H groups in total. The number of benzene rings is 2. The Kier molecular flexibility index (Phi) is 4.34. The number of para-hydroxylation sites is 1. The molecule has 0 aliphatic heterocycles.